The second-order valence-electron chi connectivity index (χ2n) is 11.8. The Balaban J connectivity index is 1.52. The smallest absolute Gasteiger partial charge is 0.118 e. The van der Waals surface area contributed by atoms with Gasteiger partial charge < -0.3 is 18.9 Å². The van der Waals surface area contributed by atoms with Crippen molar-refractivity contribution in [3.63, 3.8) is 0 Å². The molecule has 45 heavy (non-hydrogen) atoms. The molecule has 14 heteroatoms. The van der Waals surface area contributed by atoms with Gasteiger partial charge in [0.25, 0.3) is 0 Å². The van der Waals surface area contributed by atoms with E-state index in [9.17, 15) is 0 Å². The maximum absolute atomic E-state index is 6.79. The number of epoxide rings is 2. The first-order valence-corrected chi connectivity index (χ1v) is 15.0. The molecule has 2 aliphatic heterocycles. The van der Waals surface area contributed by atoms with Crippen LogP contribution in [0.25, 0.3) is 11.1 Å². The summed E-state index contributed by atoms with van der Waals surface area (Å²) in [6, 6.07) is 24.7. The standard InChI is InChI=1S/C31H22B10O4/c32-25-9-17(11-27(40(35)36)29(25)44-15-19-13-42-19)31(23-7-3-1-5-21(23)22-6-2-4-8-24(22)31)18-10-26(38-33)30(45-16-20-14-43-20)28(12-18)41(37)39-34/h1-12,19-20H,13-16H2. The van der Waals surface area contributed by atoms with E-state index in [0.717, 1.165) is 33.4 Å². The van der Waals surface area contributed by atoms with Crippen molar-refractivity contribution in [2.24, 2.45) is 0 Å². The molecule has 0 aromatic heterocycles. The van der Waals surface area contributed by atoms with Crippen molar-refractivity contribution in [2.45, 2.75) is 17.6 Å². The third-order valence-corrected chi connectivity index (χ3v) is 8.85. The zero-order chi connectivity index (χ0) is 31.3. The van der Waals surface area contributed by atoms with Crippen molar-refractivity contribution in [3.05, 3.63) is 95.1 Å². The van der Waals surface area contributed by atoms with Gasteiger partial charge in [0.1, 0.15) is 51.9 Å². The van der Waals surface area contributed by atoms with E-state index >= 15 is 0 Å². The van der Waals surface area contributed by atoms with Crippen molar-refractivity contribution >= 4 is 95.6 Å². The molecule has 14 radical (unpaired) electrons. The first kappa shape index (κ1) is 30.7. The highest BCUT2D eigenvalue weighted by molar-refractivity contribution is 7.50. The molecule has 0 bridgehead atoms. The molecule has 2 unspecified atom stereocenters. The second kappa shape index (κ2) is 12.3. The van der Waals surface area contributed by atoms with E-state index < -0.39 is 18.4 Å². The fraction of sp³-hybridized carbons (Fsp3) is 0.226. The summed E-state index contributed by atoms with van der Waals surface area (Å²) in [6.07, 6.45) is 0.0706. The molecule has 0 spiro atoms. The van der Waals surface area contributed by atoms with Gasteiger partial charge in [-0.3, -0.25) is 0 Å². The molecule has 1 aliphatic carbocycles. The Labute approximate surface area is 275 Å². The molecule has 7 rings (SSSR count). The minimum Gasteiger partial charge on any atom is -0.492 e. The van der Waals surface area contributed by atoms with E-state index in [1.165, 1.54) is 14.2 Å². The quantitative estimate of drug-likeness (QED) is 0.136. The van der Waals surface area contributed by atoms with E-state index in [1.54, 1.807) is 0 Å². The zero-order valence-electron chi connectivity index (χ0n) is 24.8. The van der Waals surface area contributed by atoms with Crippen LogP contribution in [0.1, 0.15) is 22.3 Å². The fourth-order valence-electron chi connectivity index (χ4n) is 6.54. The summed E-state index contributed by atoms with van der Waals surface area (Å²) in [7, 11) is 41.5. The van der Waals surface area contributed by atoms with E-state index in [-0.39, 0.29) is 12.2 Å². The summed E-state index contributed by atoms with van der Waals surface area (Å²) in [6.45, 7) is 0.554. The van der Waals surface area contributed by atoms with Crippen LogP contribution in [0.4, 0.5) is 0 Å². The van der Waals surface area contributed by atoms with Crippen molar-refractivity contribution in [1.29, 1.82) is 0 Å². The monoisotopic (exact) mass is 568 g/mol. The van der Waals surface area contributed by atoms with E-state index in [1.807, 2.05) is 42.5 Å². The summed E-state index contributed by atoms with van der Waals surface area (Å²) in [5.41, 5.74) is 7.58. The maximum atomic E-state index is 6.79. The van der Waals surface area contributed by atoms with Crippen LogP contribution < -0.4 is 31.3 Å². The van der Waals surface area contributed by atoms with Crippen molar-refractivity contribution in [2.75, 3.05) is 26.4 Å². The first-order chi connectivity index (χ1) is 21.9. The van der Waals surface area contributed by atoms with Crippen LogP contribution in [0.3, 0.4) is 0 Å². The van der Waals surface area contributed by atoms with Gasteiger partial charge in [-0.25, -0.2) is 0 Å². The highest BCUT2D eigenvalue weighted by atomic mass is 16.6. The molecule has 0 saturated carbocycles. The maximum Gasteiger partial charge on any atom is 0.118 e. The van der Waals surface area contributed by atoms with Gasteiger partial charge in [0, 0.05) is 45.7 Å². The van der Waals surface area contributed by atoms with Crippen LogP contribution in [0.5, 0.6) is 11.5 Å². The first-order valence-electron chi connectivity index (χ1n) is 15.0. The number of fused-ring (bicyclic) bond motifs is 3. The minimum absolute atomic E-state index is 0.0333. The largest absolute Gasteiger partial charge is 0.492 e. The predicted molar refractivity (Wildman–Crippen MR) is 190 cm³/mol. The normalized spacial score (nSPS) is 18.3. The van der Waals surface area contributed by atoms with E-state index in [4.69, 9.17) is 65.5 Å². The second-order valence-corrected chi connectivity index (χ2v) is 11.8. The van der Waals surface area contributed by atoms with Crippen LogP contribution in [0.15, 0.2) is 72.8 Å². The summed E-state index contributed by atoms with van der Waals surface area (Å²) in [5.74, 6) is 1.03. The highest BCUT2D eigenvalue weighted by Gasteiger charge is 2.47. The number of hydrogen-bond donors (Lipinski definition) is 0. The third kappa shape index (κ3) is 5.46. The van der Waals surface area contributed by atoms with Gasteiger partial charge in [0.2, 0.25) is 0 Å². The lowest BCUT2D eigenvalue weighted by Gasteiger charge is -2.37. The summed E-state index contributed by atoms with van der Waals surface area (Å²) in [4.78, 5) is 0. The van der Waals surface area contributed by atoms with Gasteiger partial charge >= 0.3 is 0 Å². The number of ether oxygens (including phenoxy) is 4. The molecule has 2 fully saturated rings. The number of hydrogen-bond acceptors (Lipinski definition) is 4. The topological polar surface area (TPSA) is 43.5 Å². The Morgan fingerprint density at radius 3 is 1.82 bits per heavy atom. The summed E-state index contributed by atoms with van der Waals surface area (Å²) in [5, 5.41) is 0. The lowest BCUT2D eigenvalue weighted by molar-refractivity contribution is 0.266. The van der Waals surface area contributed by atoms with E-state index in [0.29, 0.717) is 59.8 Å². The van der Waals surface area contributed by atoms with Gasteiger partial charge in [-0.05, 0) is 33.4 Å². The Morgan fingerprint density at radius 2 is 1.29 bits per heavy atom. The van der Waals surface area contributed by atoms with Gasteiger partial charge in [0.05, 0.1) is 31.6 Å². The van der Waals surface area contributed by atoms with Crippen LogP contribution in [0.2, 0.25) is 0 Å². The molecule has 2 saturated heterocycles. The predicted octanol–water partition coefficient (Wildman–Crippen LogP) is -1.50. The van der Waals surface area contributed by atoms with Crippen molar-refractivity contribution < 1.29 is 18.9 Å². The summed E-state index contributed by atoms with van der Waals surface area (Å²) < 4.78 is 23.1. The molecule has 3 aliphatic rings. The van der Waals surface area contributed by atoms with Crippen LogP contribution in [0, 0.1) is 0 Å². The van der Waals surface area contributed by atoms with Crippen LogP contribution in [-0.2, 0) is 14.9 Å². The van der Waals surface area contributed by atoms with Crippen LogP contribution >= 0.6 is 0 Å². The molecule has 0 N–H and O–H groups in total. The Morgan fingerprint density at radius 1 is 0.756 bits per heavy atom. The van der Waals surface area contributed by atoms with Crippen LogP contribution in [-0.4, -0.2) is 112 Å². The molecule has 4 aromatic rings. The molecule has 200 valence electrons. The Hall–Kier alpha value is -2.95. The molecule has 0 amide bonds. The van der Waals surface area contributed by atoms with E-state index in [2.05, 4.69) is 30.3 Å². The van der Waals surface area contributed by atoms with Crippen molar-refractivity contribution in [3.8, 4) is 22.6 Å². The van der Waals surface area contributed by atoms with Gasteiger partial charge in [-0.1, -0.05) is 94.6 Å². The number of benzene rings is 4. The SMILES string of the molecule is [B][B]B([B])c1cc(C2(c3cc([B])c(OCC4CO4)c(B([B])[B])c3)c3ccccc3-c3ccccc32)cc([B][B])c1OCC1CO1. The third-order valence-electron chi connectivity index (χ3n) is 8.85. The average Bonchev–Trinajstić information content (AvgIpc) is 4.00. The molecule has 2 heterocycles. The summed E-state index contributed by atoms with van der Waals surface area (Å²) >= 11 is 0. The van der Waals surface area contributed by atoms with Gasteiger partial charge in [0.15, 0.2) is 0 Å². The minimum atomic E-state index is -0.873. The lowest BCUT2D eigenvalue weighted by Crippen LogP contribution is -2.44. The average molecular weight is 567 g/mol. The molecule has 4 aromatic carbocycles. The zero-order valence-corrected chi connectivity index (χ0v) is 24.8. The molecule has 2 atom stereocenters. The Kier molecular flexibility index (Phi) is 8.41. The number of rotatable bonds is 12. The molecular weight excluding hydrogens is 544 g/mol. The lowest BCUT2D eigenvalue weighted by atomic mass is 9.03. The fourth-order valence-corrected chi connectivity index (χ4v) is 6.54. The van der Waals surface area contributed by atoms with Crippen molar-refractivity contribution in [1.82, 2.24) is 0 Å². The Bertz CT molecular complexity index is 1700. The molecule has 4 nitrogen and oxygen atoms in total. The van der Waals surface area contributed by atoms with Gasteiger partial charge in [-0.2, -0.15) is 0 Å². The van der Waals surface area contributed by atoms with Gasteiger partial charge in [-0.15, -0.1) is 0 Å². The molecular formula is C31H22B10O4. The highest BCUT2D eigenvalue weighted by Crippen LogP contribution is 2.55.